The molecule has 1 heterocycles. The van der Waals surface area contributed by atoms with E-state index in [1.54, 1.807) is 0 Å². The molecule has 5 nitrogen and oxygen atoms in total. The molecule has 1 aromatic heterocycles. The van der Waals surface area contributed by atoms with Crippen molar-refractivity contribution in [2.24, 2.45) is 0 Å². The zero-order chi connectivity index (χ0) is 22.6. The first-order valence-electron chi connectivity index (χ1n) is 9.89. The van der Waals surface area contributed by atoms with Gasteiger partial charge in [-0.1, -0.05) is 44.2 Å². The highest BCUT2D eigenvalue weighted by Gasteiger charge is 2.20. The van der Waals surface area contributed by atoms with Gasteiger partial charge in [-0.2, -0.15) is 0 Å². The molecule has 31 heavy (non-hydrogen) atoms. The number of thiophene rings is 1. The highest BCUT2D eigenvalue weighted by Crippen LogP contribution is 2.29. The fraction of sp³-hybridized carbons (Fsp3) is 0.261. The molecular weight excluding hydrogens is 435 g/mol. The van der Waals surface area contributed by atoms with Crippen LogP contribution in [-0.2, 0) is 10.0 Å². The Bertz CT molecular complexity index is 1140. The number of hydrogen-bond acceptors (Lipinski definition) is 4. The normalized spacial score (nSPS) is 13.4. The smallest absolute Gasteiger partial charge is 0.252 e. The lowest BCUT2D eigenvalue weighted by Crippen LogP contribution is -2.29. The van der Waals surface area contributed by atoms with Crippen molar-refractivity contribution in [3.8, 4) is 0 Å². The van der Waals surface area contributed by atoms with Crippen LogP contribution in [0.25, 0.3) is 0 Å². The van der Waals surface area contributed by atoms with Gasteiger partial charge in [0.1, 0.15) is 5.82 Å². The molecule has 0 fully saturated rings. The Labute approximate surface area is 186 Å². The third-order valence-electron chi connectivity index (χ3n) is 5.08. The third kappa shape index (κ3) is 5.92. The van der Waals surface area contributed by atoms with Crippen LogP contribution in [0.3, 0.4) is 0 Å². The van der Waals surface area contributed by atoms with Crippen LogP contribution >= 0.6 is 11.3 Å². The molecule has 2 unspecified atom stereocenters. The van der Waals surface area contributed by atoms with Gasteiger partial charge in [0, 0.05) is 10.4 Å². The number of amides is 1. The Morgan fingerprint density at radius 1 is 1.10 bits per heavy atom. The molecule has 0 aliphatic heterocycles. The van der Waals surface area contributed by atoms with Crippen molar-refractivity contribution in [1.29, 1.82) is 0 Å². The van der Waals surface area contributed by atoms with Crippen molar-refractivity contribution in [1.82, 2.24) is 5.32 Å². The van der Waals surface area contributed by atoms with E-state index in [-0.39, 0.29) is 17.3 Å². The molecule has 2 atom stereocenters. The summed E-state index contributed by atoms with van der Waals surface area (Å²) >= 11 is 1.53. The van der Waals surface area contributed by atoms with Gasteiger partial charge < -0.3 is 5.32 Å². The van der Waals surface area contributed by atoms with Crippen molar-refractivity contribution >= 4 is 33.0 Å². The molecule has 164 valence electrons. The molecule has 1 amide bonds. The van der Waals surface area contributed by atoms with E-state index >= 15 is 0 Å². The molecule has 0 saturated heterocycles. The summed E-state index contributed by atoms with van der Waals surface area (Å²) in [7, 11) is -3.68. The number of carbonyl (C=O) groups excluding carboxylic acids is 1. The Morgan fingerprint density at radius 3 is 2.35 bits per heavy atom. The maximum absolute atomic E-state index is 14.0. The van der Waals surface area contributed by atoms with Crippen molar-refractivity contribution in [2.45, 2.75) is 32.2 Å². The first-order chi connectivity index (χ1) is 14.7. The van der Waals surface area contributed by atoms with E-state index in [1.165, 1.54) is 29.0 Å². The van der Waals surface area contributed by atoms with Gasteiger partial charge in [-0.15, -0.1) is 11.3 Å². The van der Waals surface area contributed by atoms with Gasteiger partial charge in [-0.05, 0) is 53.1 Å². The molecule has 2 aromatic carbocycles. The molecular formula is C23H25FN2O3S2. The lowest BCUT2D eigenvalue weighted by atomic mass is 9.95. The van der Waals surface area contributed by atoms with Gasteiger partial charge in [0.2, 0.25) is 10.0 Å². The molecule has 0 bridgehead atoms. The Kier molecular flexibility index (Phi) is 7.12. The summed E-state index contributed by atoms with van der Waals surface area (Å²) in [5.41, 5.74) is 2.06. The Hall–Kier alpha value is -2.71. The summed E-state index contributed by atoms with van der Waals surface area (Å²) < 4.78 is 39.0. The fourth-order valence-electron chi connectivity index (χ4n) is 3.19. The zero-order valence-corrected chi connectivity index (χ0v) is 19.2. The number of hydrogen-bond donors (Lipinski definition) is 2. The first kappa shape index (κ1) is 23.0. The summed E-state index contributed by atoms with van der Waals surface area (Å²) in [6.07, 6.45) is 1.97. The summed E-state index contributed by atoms with van der Waals surface area (Å²) in [6.45, 7) is 4.31. The van der Waals surface area contributed by atoms with E-state index in [0.717, 1.165) is 29.2 Å². The summed E-state index contributed by atoms with van der Waals surface area (Å²) in [5.74, 6) is -0.734. The lowest BCUT2D eigenvalue weighted by molar-refractivity contribution is 0.0943. The van der Waals surface area contributed by atoms with Crippen LogP contribution in [0.5, 0.6) is 0 Å². The SMILES string of the molecule is CCC(C)c1ccc(C(NC(=O)c2ccc(F)c(NS(C)(=O)=O)c2)c2cccs2)cc1. The molecule has 0 radical (unpaired) electrons. The topological polar surface area (TPSA) is 75.3 Å². The molecule has 2 N–H and O–H groups in total. The standard InChI is InChI=1S/C23H25FN2O3S2/c1-4-15(2)16-7-9-17(10-8-16)22(21-6-5-13-30-21)25-23(27)18-11-12-19(24)20(14-18)26-31(3,28)29/h5-15,22,26H,4H2,1-3H3,(H,25,27). The molecule has 0 spiro atoms. The molecule has 0 aliphatic carbocycles. The van der Waals surface area contributed by atoms with E-state index in [0.29, 0.717) is 5.92 Å². The summed E-state index contributed by atoms with van der Waals surface area (Å²) in [4.78, 5) is 13.9. The molecule has 0 saturated carbocycles. The van der Waals surface area contributed by atoms with E-state index in [9.17, 15) is 17.6 Å². The summed E-state index contributed by atoms with van der Waals surface area (Å²) in [6, 6.07) is 15.2. The fourth-order valence-corrected chi connectivity index (χ4v) is 4.54. The van der Waals surface area contributed by atoms with Gasteiger partial charge in [0.25, 0.3) is 5.91 Å². The number of carbonyl (C=O) groups is 1. The highest BCUT2D eigenvalue weighted by molar-refractivity contribution is 7.92. The minimum atomic E-state index is -3.68. The maximum atomic E-state index is 14.0. The van der Waals surface area contributed by atoms with E-state index < -0.39 is 21.7 Å². The van der Waals surface area contributed by atoms with E-state index in [2.05, 4.69) is 36.0 Å². The van der Waals surface area contributed by atoms with Crippen LogP contribution < -0.4 is 10.0 Å². The van der Waals surface area contributed by atoms with Gasteiger partial charge in [-0.25, -0.2) is 12.8 Å². The predicted molar refractivity (Wildman–Crippen MR) is 124 cm³/mol. The second kappa shape index (κ2) is 9.62. The van der Waals surface area contributed by atoms with E-state index in [1.807, 2.05) is 29.6 Å². The van der Waals surface area contributed by atoms with Crippen LogP contribution in [0.2, 0.25) is 0 Å². The van der Waals surface area contributed by atoms with Crippen molar-refractivity contribution in [2.75, 3.05) is 11.0 Å². The number of anilines is 1. The zero-order valence-electron chi connectivity index (χ0n) is 17.6. The van der Waals surface area contributed by atoms with Crippen molar-refractivity contribution in [3.63, 3.8) is 0 Å². The average Bonchev–Trinajstić information content (AvgIpc) is 3.26. The quantitative estimate of drug-likeness (QED) is 0.479. The Balaban J connectivity index is 1.89. The summed E-state index contributed by atoms with van der Waals surface area (Å²) in [5, 5.41) is 4.93. The minimum Gasteiger partial charge on any atom is -0.340 e. The van der Waals surface area contributed by atoms with Crippen LogP contribution in [0.1, 0.15) is 58.6 Å². The largest absolute Gasteiger partial charge is 0.340 e. The number of rotatable bonds is 8. The number of benzene rings is 2. The lowest BCUT2D eigenvalue weighted by Gasteiger charge is -2.20. The Morgan fingerprint density at radius 2 is 1.77 bits per heavy atom. The third-order valence-corrected chi connectivity index (χ3v) is 6.61. The van der Waals surface area contributed by atoms with Crippen molar-refractivity contribution in [3.05, 3.63) is 87.4 Å². The minimum absolute atomic E-state index is 0.158. The van der Waals surface area contributed by atoms with E-state index in [4.69, 9.17) is 0 Å². The van der Waals surface area contributed by atoms with Crippen LogP contribution in [0.15, 0.2) is 60.0 Å². The average molecular weight is 461 g/mol. The van der Waals surface area contributed by atoms with Crippen LogP contribution in [-0.4, -0.2) is 20.6 Å². The second-order valence-corrected chi connectivity index (χ2v) is 10.2. The second-order valence-electron chi connectivity index (χ2n) is 7.47. The number of halogens is 1. The van der Waals surface area contributed by atoms with Gasteiger partial charge in [-0.3, -0.25) is 9.52 Å². The van der Waals surface area contributed by atoms with Crippen LogP contribution in [0.4, 0.5) is 10.1 Å². The number of sulfonamides is 1. The van der Waals surface area contributed by atoms with Crippen molar-refractivity contribution < 1.29 is 17.6 Å². The maximum Gasteiger partial charge on any atom is 0.252 e. The van der Waals surface area contributed by atoms with Crippen LogP contribution in [0, 0.1) is 5.82 Å². The monoisotopic (exact) mass is 460 g/mol. The predicted octanol–water partition coefficient (Wildman–Crippen LogP) is 5.29. The highest BCUT2D eigenvalue weighted by atomic mass is 32.2. The molecule has 0 aliphatic rings. The van der Waals surface area contributed by atoms with Gasteiger partial charge >= 0.3 is 0 Å². The molecule has 3 aromatic rings. The number of nitrogens with one attached hydrogen (secondary N) is 2. The first-order valence-corrected chi connectivity index (χ1v) is 12.7. The molecule has 3 rings (SSSR count). The molecule has 8 heteroatoms. The van der Waals surface area contributed by atoms with Gasteiger partial charge in [0.15, 0.2) is 0 Å². The van der Waals surface area contributed by atoms with Gasteiger partial charge in [0.05, 0.1) is 18.0 Å².